The molecular weight excluding hydrogens is 402 g/mol. The normalized spacial score (nSPS) is 10.1. The molecule has 0 fully saturated rings. The molecule has 0 heterocycles. The number of carbonyl (C=O) groups excluding carboxylic acids is 1. The largest absolute Gasteiger partial charge is 0.278 e. The molecule has 154 valence electrons. The number of hydrogen-bond donors (Lipinski definition) is 0. The summed E-state index contributed by atoms with van der Waals surface area (Å²) < 4.78 is 0. The Kier molecular flexibility index (Phi) is 5.58. The van der Waals surface area contributed by atoms with Crippen molar-refractivity contribution >= 4 is 27.5 Å². The Morgan fingerprint density at radius 3 is 1.67 bits per heavy atom. The van der Waals surface area contributed by atoms with Crippen molar-refractivity contribution in [2.24, 2.45) is 0 Å². The van der Waals surface area contributed by atoms with Gasteiger partial charge in [-0.25, -0.2) is 0 Å². The van der Waals surface area contributed by atoms with E-state index in [1.165, 1.54) is 4.90 Å². The van der Waals surface area contributed by atoms with Crippen molar-refractivity contribution in [1.82, 2.24) is 4.90 Å². The fourth-order valence-electron chi connectivity index (χ4n) is 3.69. The van der Waals surface area contributed by atoms with Gasteiger partial charge in [-0.3, -0.25) is 4.79 Å². The van der Waals surface area contributed by atoms with Gasteiger partial charge >= 0.3 is 0 Å². The second kappa shape index (κ2) is 9.15. The lowest BCUT2D eigenvalue weighted by molar-refractivity contribution is 0.0889. The Labute approximate surface area is 193 Å². The molecule has 0 spiro atoms. The highest BCUT2D eigenvalue weighted by Gasteiger charge is 2.16. The van der Waals surface area contributed by atoms with Gasteiger partial charge in [-0.2, -0.15) is 4.90 Å². The van der Waals surface area contributed by atoms with E-state index in [9.17, 15) is 4.79 Å². The van der Waals surface area contributed by atoms with Crippen molar-refractivity contribution in [1.29, 1.82) is 0 Å². The minimum Gasteiger partial charge on any atom is -0.267 e. The summed E-state index contributed by atoms with van der Waals surface area (Å²) in [6, 6.07) is 43.2. The van der Waals surface area contributed by atoms with E-state index in [4.69, 9.17) is 0 Å². The summed E-state index contributed by atoms with van der Waals surface area (Å²) >= 11 is 0. The van der Waals surface area contributed by atoms with E-state index in [1.807, 2.05) is 91.0 Å². The molecule has 5 rings (SSSR count). The molecule has 1 amide bonds. The second-order valence-corrected chi connectivity index (χ2v) is 7.57. The number of amides is 1. The Morgan fingerprint density at radius 1 is 0.545 bits per heavy atom. The van der Waals surface area contributed by atoms with Gasteiger partial charge in [0.25, 0.3) is 5.91 Å². The molecule has 0 bridgehead atoms. The van der Waals surface area contributed by atoms with Crippen LogP contribution in [0.3, 0.4) is 0 Å². The summed E-state index contributed by atoms with van der Waals surface area (Å²) in [6.07, 6.45) is 0. The van der Waals surface area contributed by atoms with Gasteiger partial charge in [0, 0.05) is 28.8 Å². The number of benzene rings is 5. The van der Waals surface area contributed by atoms with E-state index < -0.39 is 0 Å². The van der Waals surface area contributed by atoms with Crippen LogP contribution in [0.25, 0.3) is 21.5 Å². The Bertz CT molecular complexity index is 1520. The first-order chi connectivity index (χ1) is 16.3. The van der Waals surface area contributed by atoms with Gasteiger partial charge in [0.2, 0.25) is 0 Å². The third-order valence-electron chi connectivity index (χ3n) is 5.35. The molecule has 0 aromatic heterocycles. The van der Waals surface area contributed by atoms with E-state index in [1.54, 1.807) is 0 Å². The Morgan fingerprint density at radius 2 is 1.06 bits per heavy atom. The number of nitrogens with zero attached hydrogens (tertiary/aromatic N) is 1. The van der Waals surface area contributed by atoms with Crippen LogP contribution in [0, 0.1) is 23.9 Å². The van der Waals surface area contributed by atoms with Gasteiger partial charge in [0.15, 0.2) is 0 Å². The van der Waals surface area contributed by atoms with E-state index in [0.29, 0.717) is 5.56 Å². The van der Waals surface area contributed by atoms with Crippen LogP contribution in [0.5, 0.6) is 0 Å². The van der Waals surface area contributed by atoms with Gasteiger partial charge in [-0.15, -0.1) is 0 Å². The zero-order valence-electron chi connectivity index (χ0n) is 17.8. The predicted molar refractivity (Wildman–Crippen MR) is 134 cm³/mol. The topological polar surface area (TPSA) is 20.3 Å². The van der Waals surface area contributed by atoms with E-state index in [-0.39, 0.29) is 5.91 Å². The molecule has 2 heteroatoms. The van der Waals surface area contributed by atoms with Crippen molar-refractivity contribution < 1.29 is 4.79 Å². The predicted octanol–water partition coefficient (Wildman–Crippen LogP) is 6.45. The maximum Gasteiger partial charge on any atom is 0.278 e. The SMILES string of the molecule is O=C(c1cccc2cc3ccccc3cc12)N(C#Cc1ccccc1)C#Cc1ccccc1. The van der Waals surface area contributed by atoms with Crippen molar-refractivity contribution in [3.63, 3.8) is 0 Å². The van der Waals surface area contributed by atoms with Crippen LogP contribution < -0.4 is 0 Å². The molecule has 0 saturated heterocycles. The number of rotatable bonds is 1. The quantitative estimate of drug-likeness (QED) is 0.173. The monoisotopic (exact) mass is 421 g/mol. The van der Waals surface area contributed by atoms with Crippen LogP contribution in [0.4, 0.5) is 0 Å². The minimum atomic E-state index is -0.247. The molecule has 0 radical (unpaired) electrons. The van der Waals surface area contributed by atoms with Crippen molar-refractivity contribution in [2.45, 2.75) is 0 Å². The number of hydrogen-bond acceptors (Lipinski definition) is 1. The summed E-state index contributed by atoms with van der Waals surface area (Å²) in [7, 11) is 0. The molecule has 5 aromatic carbocycles. The fourth-order valence-corrected chi connectivity index (χ4v) is 3.69. The third kappa shape index (κ3) is 4.47. The number of fused-ring (bicyclic) bond motifs is 2. The van der Waals surface area contributed by atoms with Gasteiger partial charge in [0.05, 0.1) is 0 Å². The lowest BCUT2D eigenvalue weighted by Crippen LogP contribution is -2.21. The lowest BCUT2D eigenvalue weighted by atomic mass is 9.99. The summed E-state index contributed by atoms with van der Waals surface area (Å²) in [5.41, 5.74) is 2.21. The summed E-state index contributed by atoms with van der Waals surface area (Å²) in [5.74, 6) is 5.88. The molecule has 0 aliphatic carbocycles. The average Bonchev–Trinajstić information content (AvgIpc) is 2.88. The maximum absolute atomic E-state index is 13.7. The highest BCUT2D eigenvalue weighted by atomic mass is 16.2. The lowest BCUT2D eigenvalue weighted by Gasteiger charge is -2.11. The summed E-state index contributed by atoms with van der Waals surface area (Å²) in [5, 5.41) is 4.11. The van der Waals surface area contributed by atoms with Crippen LogP contribution in [0.1, 0.15) is 21.5 Å². The smallest absolute Gasteiger partial charge is 0.267 e. The van der Waals surface area contributed by atoms with Crippen LogP contribution in [0.2, 0.25) is 0 Å². The van der Waals surface area contributed by atoms with Crippen molar-refractivity contribution in [3.8, 4) is 23.9 Å². The van der Waals surface area contributed by atoms with Gasteiger partial charge in [0.1, 0.15) is 0 Å². The van der Waals surface area contributed by atoms with Gasteiger partial charge in [-0.05, 0) is 75.9 Å². The highest BCUT2D eigenvalue weighted by molar-refractivity contribution is 6.11. The first-order valence-electron chi connectivity index (χ1n) is 10.7. The van der Waals surface area contributed by atoms with E-state index in [0.717, 1.165) is 32.7 Å². The third-order valence-corrected chi connectivity index (χ3v) is 5.35. The van der Waals surface area contributed by atoms with Crippen molar-refractivity contribution in [3.05, 3.63) is 132 Å². The molecule has 0 aliphatic heterocycles. The molecule has 33 heavy (non-hydrogen) atoms. The second-order valence-electron chi connectivity index (χ2n) is 7.57. The molecule has 0 atom stereocenters. The summed E-state index contributed by atoms with van der Waals surface area (Å²) in [6.45, 7) is 0. The van der Waals surface area contributed by atoms with Crippen LogP contribution in [-0.4, -0.2) is 10.8 Å². The molecule has 0 unspecified atom stereocenters. The first kappa shape index (κ1) is 20.1. The van der Waals surface area contributed by atoms with E-state index in [2.05, 4.69) is 48.2 Å². The Hall–Kier alpha value is -4.79. The van der Waals surface area contributed by atoms with E-state index >= 15 is 0 Å². The van der Waals surface area contributed by atoms with Crippen LogP contribution in [0.15, 0.2) is 115 Å². The van der Waals surface area contributed by atoms with Crippen molar-refractivity contribution in [2.75, 3.05) is 0 Å². The molecule has 0 saturated carbocycles. The first-order valence-corrected chi connectivity index (χ1v) is 10.7. The van der Waals surface area contributed by atoms with Crippen LogP contribution in [-0.2, 0) is 0 Å². The summed E-state index contributed by atoms with van der Waals surface area (Å²) in [4.78, 5) is 15.0. The molecule has 2 nitrogen and oxygen atoms in total. The standard InChI is InChI=1S/C31H19NO/c33-31(29-17-9-16-28-22-26-14-7-8-15-27(26)23-30(28)29)32(20-18-24-10-3-1-4-11-24)21-19-25-12-5-2-6-13-25/h1-17,22-23H. The number of carbonyl (C=O) groups is 1. The molecule has 5 aromatic rings. The van der Waals surface area contributed by atoms with Gasteiger partial charge < -0.3 is 0 Å². The fraction of sp³-hybridized carbons (Fsp3) is 0. The average molecular weight is 421 g/mol. The van der Waals surface area contributed by atoms with Gasteiger partial charge in [-0.1, -0.05) is 72.8 Å². The maximum atomic E-state index is 13.7. The van der Waals surface area contributed by atoms with Crippen LogP contribution >= 0.6 is 0 Å². The molecular formula is C31H19NO. The highest BCUT2D eigenvalue weighted by Crippen LogP contribution is 2.26. The molecule has 0 aliphatic rings. The zero-order chi connectivity index (χ0) is 22.5. The minimum absolute atomic E-state index is 0.247. The molecule has 0 N–H and O–H groups in total. The Balaban J connectivity index is 1.61. The zero-order valence-corrected chi connectivity index (χ0v) is 17.8.